The third-order valence-electron chi connectivity index (χ3n) is 3.82. The van der Waals surface area contributed by atoms with Crippen molar-refractivity contribution in [3.05, 3.63) is 75.3 Å². The van der Waals surface area contributed by atoms with Crippen LogP contribution in [0.5, 0.6) is 11.6 Å². The maximum atomic E-state index is 12.2. The van der Waals surface area contributed by atoms with E-state index in [0.717, 1.165) is 5.69 Å². The van der Waals surface area contributed by atoms with Crippen molar-refractivity contribution in [1.29, 1.82) is 0 Å². The molecule has 0 aliphatic carbocycles. The highest BCUT2D eigenvalue weighted by molar-refractivity contribution is 7.80. The first-order chi connectivity index (χ1) is 14.0. The van der Waals surface area contributed by atoms with E-state index in [-0.39, 0.29) is 21.3 Å². The summed E-state index contributed by atoms with van der Waals surface area (Å²) < 4.78 is 6.53. The second-order valence-corrected chi connectivity index (χ2v) is 6.52. The lowest BCUT2D eigenvalue weighted by Gasteiger charge is -2.12. The van der Waals surface area contributed by atoms with Gasteiger partial charge in [-0.05, 0) is 48.7 Å². The molecule has 29 heavy (non-hydrogen) atoms. The van der Waals surface area contributed by atoms with E-state index in [2.05, 4.69) is 20.8 Å². The monoisotopic (exact) mass is 427 g/mol. The van der Waals surface area contributed by atoms with E-state index in [1.54, 1.807) is 24.3 Å². The van der Waals surface area contributed by atoms with Gasteiger partial charge in [-0.15, -0.1) is 0 Å². The van der Waals surface area contributed by atoms with Crippen molar-refractivity contribution in [2.24, 2.45) is 5.10 Å². The van der Waals surface area contributed by atoms with E-state index in [1.165, 1.54) is 17.9 Å². The van der Waals surface area contributed by atoms with Gasteiger partial charge in [0.15, 0.2) is 9.88 Å². The van der Waals surface area contributed by atoms with Gasteiger partial charge in [0.25, 0.3) is 5.56 Å². The van der Waals surface area contributed by atoms with Gasteiger partial charge in [0.2, 0.25) is 5.88 Å². The highest BCUT2D eigenvalue weighted by Crippen LogP contribution is 2.22. The Kier molecular flexibility index (Phi) is 6.37. The number of hydrogen-bond donors (Lipinski definition) is 4. The van der Waals surface area contributed by atoms with Crippen LogP contribution in [0.1, 0.15) is 5.56 Å². The maximum Gasteiger partial charge on any atom is 0.264 e. The topological polar surface area (TPSA) is 104 Å². The second-order valence-electron chi connectivity index (χ2n) is 5.72. The van der Waals surface area contributed by atoms with Gasteiger partial charge in [0.1, 0.15) is 11.3 Å². The first-order valence-electron chi connectivity index (χ1n) is 8.37. The molecule has 0 fully saturated rings. The zero-order valence-electron chi connectivity index (χ0n) is 15.2. The third-order valence-corrected chi connectivity index (χ3v) is 4.30. The fraction of sp³-hybridized carbons (Fsp3) is 0.0526. The number of anilines is 1. The Morgan fingerprint density at radius 1 is 1.24 bits per heavy atom. The minimum absolute atomic E-state index is 0.0344. The fourth-order valence-corrected chi connectivity index (χ4v) is 2.94. The predicted molar refractivity (Wildman–Crippen MR) is 119 cm³/mol. The van der Waals surface area contributed by atoms with E-state index < -0.39 is 5.56 Å². The van der Waals surface area contributed by atoms with Gasteiger partial charge in [0.05, 0.1) is 19.0 Å². The summed E-state index contributed by atoms with van der Waals surface area (Å²) in [6, 6.07) is 16.2. The van der Waals surface area contributed by atoms with Crippen molar-refractivity contribution < 1.29 is 9.84 Å². The van der Waals surface area contributed by atoms with Crippen molar-refractivity contribution in [2.75, 3.05) is 12.4 Å². The minimum atomic E-state index is -0.584. The van der Waals surface area contributed by atoms with Gasteiger partial charge >= 0.3 is 0 Å². The summed E-state index contributed by atoms with van der Waals surface area (Å²) in [7, 11) is 1.53. The molecule has 4 N–H and O–H groups in total. The van der Waals surface area contributed by atoms with E-state index in [4.69, 9.17) is 29.2 Å². The summed E-state index contributed by atoms with van der Waals surface area (Å²) in [5, 5.41) is 17.7. The molecule has 10 heteroatoms. The van der Waals surface area contributed by atoms with E-state index >= 15 is 0 Å². The van der Waals surface area contributed by atoms with Crippen LogP contribution >= 0.6 is 24.4 Å². The number of H-pyrrole nitrogens is 1. The van der Waals surface area contributed by atoms with Gasteiger partial charge in [-0.3, -0.25) is 19.8 Å². The number of ether oxygens (including phenoxy) is 1. The molecule has 0 unspecified atom stereocenters. The lowest BCUT2D eigenvalue weighted by Crippen LogP contribution is -2.25. The Labute approximate surface area is 176 Å². The smallest absolute Gasteiger partial charge is 0.264 e. The van der Waals surface area contributed by atoms with Crippen molar-refractivity contribution in [1.82, 2.24) is 15.0 Å². The first-order valence-corrected chi connectivity index (χ1v) is 9.19. The van der Waals surface area contributed by atoms with Gasteiger partial charge < -0.3 is 15.2 Å². The Hall–Kier alpha value is -3.50. The second kappa shape index (κ2) is 9.13. The summed E-state index contributed by atoms with van der Waals surface area (Å²) in [5.41, 5.74) is 3.23. The molecule has 0 bridgehead atoms. The number of hydrogen-bond acceptors (Lipinski definition) is 6. The molecule has 0 saturated heterocycles. The van der Waals surface area contributed by atoms with Gasteiger partial charge in [-0.25, -0.2) is 0 Å². The Morgan fingerprint density at radius 3 is 2.72 bits per heavy atom. The molecule has 1 heterocycles. The number of benzene rings is 2. The van der Waals surface area contributed by atoms with Crippen LogP contribution in [-0.2, 0) is 0 Å². The number of thiocarbonyl (C=S) groups is 1. The van der Waals surface area contributed by atoms with E-state index in [9.17, 15) is 9.90 Å². The molecule has 0 aliphatic heterocycles. The quantitative estimate of drug-likeness (QED) is 0.282. The van der Waals surface area contributed by atoms with Gasteiger partial charge in [-0.2, -0.15) is 5.10 Å². The molecule has 3 aromatic rings. The summed E-state index contributed by atoms with van der Waals surface area (Å²) in [6.07, 6.45) is 1.17. The molecule has 3 rings (SSSR count). The molecule has 0 spiro atoms. The molecule has 8 nitrogen and oxygen atoms in total. The number of nitrogens with one attached hydrogen (secondary N) is 3. The summed E-state index contributed by atoms with van der Waals surface area (Å²) >= 11 is 10.3. The zero-order chi connectivity index (χ0) is 20.8. The third kappa shape index (κ3) is 4.86. The van der Waals surface area contributed by atoms with Crippen LogP contribution in [0, 0.1) is 4.77 Å². The Bertz CT molecular complexity index is 1170. The number of aromatic hydroxyl groups is 1. The summed E-state index contributed by atoms with van der Waals surface area (Å²) in [5.74, 6) is 0.212. The van der Waals surface area contributed by atoms with Crippen LogP contribution in [0.4, 0.5) is 5.69 Å². The normalized spacial score (nSPS) is 10.7. The van der Waals surface area contributed by atoms with Crippen LogP contribution in [0.25, 0.3) is 5.69 Å². The van der Waals surface area contributed by atoms with Crippen molar-refractivity contribution in [3.63, 3.8) is 0 Å². The molecular weight excluding hydrogens is 410 g/mol. The maximum absolute atomic E-state index is 12.2. The van der Waals surface area contributed by atoms with Crippen molar-refractivity contribution in [3.8, 4) is 17.3 Å². The molecule has 148 valence electrons. The van der Waals surface area contributed by atoms with Gasteiger partial charge in [0, 0.05) is 11.8 Å². The largest absolute Gasteiger partial charge is 0.497 e. The Morgan fingerprint density at radius 2 is 2.00 bits per heavy atom. The fourth-order valence-electron chi connectivity index (χ4n) is 2.48. The number of rotatable bonds is 5. The average molecular weight is 428 g/mol. The number of nitrogens with zero attached hydrogens (tertiary/aromatic N) is 2. The lowest BCUT2D eigenvalue weighted by molar-refractivity contribution is 0.413. The van der Waals surface area contributed by atoms with Crippen LogP contribution < -0.4 is 21.0 Å². The molecule has 2 aromatic carbocycles. The molecule has 0 aliphatic rings. The van der Waals surface area contributed by atoms with Crippen molar-refractivity contribution in [2.45, 2.75) is 0 Å². The predicted octanol–water partition coefficient (Wildman–Crippen LogP) is 2.93. The molecule has 0 saturated carbocycles. The Balaban J connectivity index is 1.86. The molecular formula is C19H17N5O3S2. The summed E-state index contributed by atoms with van der Waals surface area (Å²) in [4.78, 5) is 14.8. The van der Waals surface area contributed by atoms with Crippen LogP contribution in [0.3, 0.4) is 0 Å². The standard InChI is InChI=1S/C19H17N5O3S2/c1-27-14-9-5-8-13(10-14)24-17(26)15(16(25)22-19(24)29)11-20-23-18(28)21-12-6-3-2-4-7-12/h2-11,26H,1H3,(H2,21,23,28)(H,22,25,29). The SMILES string of the molecule is COc1cccc(-n2c(O)c(C=NNC(=S)Nc3ccccc3)c(=O)[nH]c2=S)c1. The number of para-hydroxylation sites is 1. The molecule has 1 aromatic heterocycles. The number of aromatic amines is 1. The lowest BCUT2D eigenvalue weighted by atomic mass is 10.2. The van der Waals surface area contributed by atoms with E-state index in [0.29, 0.717) is 11.4 Å². The van der Waals surface area contributed by atoms with Crippen molar-refractivity contribution >= 4 is 41.5 Å². The molecule has 0 radical (unpaired) electrons. The number of aromatic nitrogens is 2. The molecule has 0 amide bonds. The number of hydrazone groups is 1. The first kappa shape index (κ1) is 20.2. The van der Waals surface area contributed by atoms with Crippen LogP contribution in [0.2, 0.25) is 0 Å². The minimum Gasteiger partial charge on any atom is -0.497 e. The average Bonchev–Trinajstić information content (AvgIpc) is 2.71. The van der Waals surface area contributed by atoms with Gasteiger partial charge in [-0.1, -0.05) is 24.3 Å². The van der Waals surface area contributed by atoms with Crippen LogP contribution in [-0.4, -0.2) is 33.1 Å². The highest BCUT2D eigenvalue weighted by Gasteiger charge is 2.13. The van der Waals surface area contributed by atoms with Crippen LogP contribution in [0.15, 0.2) is 64.5 Å². The highest BCUT2D eigenvalue weighted by atomic mass is 32.1. The zero-order valence-corrected chi connectivity index (χ0v) is 16.9. The summed E-state index contributed by atoms with van der Waals surface area (Å²) in [6.45, 7) is 0. The van der Waals surface area contributed by atoms with E-state index in [1.807, 2.05) is 30.3 Å². The number of methoxy groups -OCH3 is 1. The molecule has 0 atom stereocenters.